The van der Waals surface area contributed by atoms with Crippen molar-refractivity contribution < 1.29 is 0 Å². The zero-order valence-corrected chi connectivity index (χ0v) is 15.1. The molecule has 5 rings (SSSR count). The predicted molar refractivity (Wildman–Crippen MR) is 108 cm³/mol. The van der Waals surface area contributed by atoms with Gasteiger partial charge in [-0.05, 0) is 23.8 Å². The lowest BCUT2D eigenvalue weighted by Crippen LogP contribution is -2.25. The first-order valence-electron chi connectivity index (χ1n) is 8.47. The van der Waals surface area contributed by atoms with Crippen LogP contribution in [0, 0.1) is 0 Å². The highest BCUT2D eigenvalue weighted by Crippen LogP contribution is 2.30. The Balaban J connectivity index is 1.94. The number of nitrogens with zero attached hydrogens (tertiary/aromatic N) is 3. The lowest BCUT2D eigenvalue weighted by Gasteiger charge is -2.10. The number of fused-ring (bicyclic) bond motifs is 2. The average Bonchev–Trinajstić information content (AvgIpc) is 3.09. The van der Waals surface area contributed by atoms with Gasteiger partial charge in [-0.2, -0.15) is 9.38 Å². The van der Waals surface area contributed by atoms with Crippen molar-refractivity contribution in [3.8, 4) is 22.4 Å². The molecule has 28 heavy (non-hydrogen) atoms. The van der Waals surface area contributed by atoms with Gasteiger partial charge in [-0.3, -0.25) is 9.89 Å². The number of pyridine rings is 1. The van der Waals surface area contributed by atoms with E-state index in [4.69, 9.17) is 11.6 Å². The van der Waals surface area contributed by atoms with E-state index in [9.17, 15) is 9.59 Å². The minimum Gasteiger partial charge on any atom is -0.268 e. The smallest absolute Gasteiger partial charge is 0.268 e. The SMILES string of the molecule is O=c1[nH][nH]c2nc3nc(-c4ccccc4)cc(-c4ccc(Cl)cc4)c3c(=O)n12. The normalized spacial score (nSPS) is 11.3. The molecule has 0 saturated carbocycles. The van der Waals surface area contributed by atoms with Gasteiger partial charge in [0, 0.05) is 16.1 Å². The van der Waals surface area contributed by atoms with Crippen LogP contribution in [-0.4, -0.2) is 24.6 Å². The van der Waals surface area contributed by atoms with E-state index >= 15 is 0 Å². The van der Waals surface area contributed by atoms with Crippen molar-refractivity contribution in [2.24, 2.45) is 0 Å². The minimum absolute atomic E-state index is 0.113. The maximum atomic E-state index is 13.1. The van der Waals surface area contributed by atoms with Crippen molar-refractivity contribution in [2.75, 3.05) is 0 Å². The molecule has 136 valence electrons. The van der Waals surface area contributed by atoms with Gasteiger partial charge in [0.1, 0.15) is 0 Å². The summed E-state index contributed by atoms with van der Waals surface area (Å²) in [6, 6.07) is 18.6. The van der Waals surface area contributed by atoms with Crippen LogP contribution in [0.25, 0.3) is 39.2 Å². The fourth-order valence-corrected chi connectivity index (χ4v) is 3.36. The summed E-state index contributed by atoms with van der Waals surface area (Å²) in [6.07, 6.45) is 0. The molecule has 0 fully saturated rings. The molecule has 0 atom stereocenters. The zero-order valence-electron chi connectivity index (χ0n) is 14.3. The summed E-state index contributed by atoms with van der Waals surface area (Å²) in [7, 11) is 0. The van der Waals surface area contributed by atoms with Crippen LogP contribution in [-0.2, 0) is 0 Å². The molecular formula is C20H12ClN5O2. The number of nitrogens with one attached hydrogen (secondary N) is 2. The molecule has 0 unspecified atom stereocenters. The molecule has 0 bridgehead atoms. The van der Waals surface area contributed by atoms with E-state index in [-0.39, 0.29) is 16.8 Å². The van der Waals surface area contributed by atoms with Gasteiger partial charge in [0.2, 0.25) is 5.78 Å². The Morgan fingerprint density at radius 1 is 0.857 bits per heavy atom. The number of halogens is 1. The molecule has 0 spiro atoms. The Bertz CT molecular complexity index is 1450. The Labute approximate surface area is 162 Å². The molecule has 0 aliphatic rings. The first-order chi connectivity index (χ1) is 13.6. The largest absolute Gasteiger partial charge is 0.350 e. The molecule has 3 aromatic heterocycles. The summed E-state index contributed by atoms with van der Waals surface area (Å²) in [5.41, 5.74) is 2.17. The van der Waals surface area contributed by atoms with Gasteiger partial charge < -0.3 is 0 Å². The summed E-state index contributed by atoms with van der Waals surface area (Å²) >= 11 is 6.02. The number of rotatable bonds is 2. The third-order valence-corrected chi connectivity index (χ3v) is 4.80. The molecule has 5 aromatic rings. The van der Waals surface area contributed by atoms with E-state index < -0.39 is 11.2 Å². The Kier molecular flexibility index (Phi) is 3.63. The zero-order chi connectivity index (χ0) is 19.3. The van der Waals surface area contributed by atoms with E-state index in [0.29, 0.717) is 16.3 Å². The van der Waals surface area contributed by atoms with Crippen molar-refractivity contribution in [3.63, 3.8) is 0 Å². The van der Waals surface area contributed by atoms with E-state index in [0.717, 1.165) is 15.5 Å². The first-order valence-corrected chi connectivity index (χ1v) is 8.85. The van der Waals surface area contributed by atoms with Crippen molar-refractivity contribution in [3.05, 3.63) is 86.5 Å². The van der Waals surface area contributed by atoms with Gasteiger partial charge in [-0.15, -0.1) is 0 Å². The molecule has 0 aliphatic heterocycles. The van der Waals surface area contributed by atoms with Crippen LogP contribution < -0.4 is 11.2 Å². The van der Waals surface area contributed by atoms with Crippen molar-refractivity contribution >= 4 is 28.4 Å². The maximum Gasteiger partial charge on any atom is 0.350 e. The van der Waals surface area contributed by atoms with Gasteiger partial charge >= 0.3 is 5.69 Å². The average molecular weight is 390 g/mol. The number of hydrogen-bond acceptors (Lipinski definition) is 4. The van der Waals surface area contributed by atoms with E-state index in [1.165, 1.54) is 0 Å². The van der Waals surface area contributed by atoms with Crippen LogP contribution in [0.1, 0.15) is 0 Å². The number of aromatic amines is 2. The number of H-pyrrole nitrogens is 2. The standard InChI is InChI=1S/C20H12ClN5O2/c21-13-8-6-11(7-9-13)14-10-15(12-4-2-1-3-5-12)22-17-16(14)18(27)26-19(23-17)24-25-20(26)28/h1-10H,(H,25,28)(H,22,23,24). The fourth-order valence-electron chi connectivity index (χ4n) is 3.23. The van der Waals surface area contributed by atoms with Crippen LogP contribution in [0.3, 0.4) is 0 Å². The highest BCUT2D eigenvalue weighted by molar-refractivity contribution is 6.30. The van der Waals surface area contributed by atoms with E-state index in [1.807, 2.05) is 48.5 Å². The second kappa shape index (κ2) is 6.17. The maximum absolute atomic E-state index is 13.1. The third kappa shape index (κ3) is 2.52. The Morgan fingerprint density at radius 2 is 1.61 bits per heavy atom. The summed E-state index contributed by atoms with van der Waals surface area (Å²) < 4.78 is 0.964. The molecule has 2 N–H and O–H groups in total. The van der Waals surface area contributed by atoms with Crippen LogP contribution >= 0.6 is 11.6 Å². The molecular weight excluding hydrogens is 378 g/mol. The van der Waals surface area contributed by atoms with E-state index in [1.54, 1.807) is 12.1 Å². The topological polar surface area (TPSA) is 95.9 Å². The third-order valence-electron chi connectivity index (χ3n) is 4.55. The highest BCUT2D eigenvalue weighted by atomic mass is 35.5. The molecule has 0 radical (unpaired) electrons. The van der Waals surface area contributed by atoms with Crippen LogP contribution in [0.2, 0.25) is 5.02 Å². The van der Waals surface area contributed by atoms with Crippen molar-refractivity contribution in [1.29, 1.82) is 0 Å². The number of aromatic nitrogens is 5. The lowest BCUT2D eigenvalue weighted by molar-refractivity contribution is 1.000. The first kappa shape index (κ1) is 16.5. The monoisotopic (exact) mass is 389 g/mol. The second-order valence-corrected chi connectivity index (χ2v) is 6.69. The molecule has 0 amide bonds. The predicted octanol–water partition coefficient (Wildman–Crippen LogP) is 3.25. The van der Waals surface area contributed by atoms with Crippen LogP contribution in [0.5, 0.6) is 0 Å². The molecule has 0 aliphatic carbocycles. The quantitative estimate of drug-likeness (QED) is 0.484. The van der Waals surface area contributed by atoms with Gasteiger partial charge in [0.05, 0.1) is 11.1 Å². The van der Waals surface area contributed by atoms with Crippen LogP contribution in [0.15, 0.2) is 70.3 Å². The molecule has 3 heterocycles. The minimum atomic E-state index is -0.580. The lowest BCUT2D eigenvalue weighted by atomic mass is 10.0. The molecule has 8 heteroatoms. The van der Waals surface area contributed by atoms with Crippen LogP contribution in [0.4, 0.5) is 0 Å². The van der Waals surface area contributed by atoms with Crippen molar-refractivity contribution in [2.45, 2.75) is 0 Å². The highest BCUT2D eigenvalue weighted by Gasteiger charge is 2.17. The van der Waals surface area contributed by atoms with Gasteiger partial charge in [-0.1, -0.05) is 54.1 Å². The molecule has 0 saturated heterocycles. The van der Waals surface area contributed by atoms with Crippen molar-refractivity contribution in [1.82, 2.24) is 24.6 Å². The van der Waals surface area contributed by atoms with E-state index in [2.05, 4.69) is 20.2 Å². The van der Waals surface area contributed by atoms with Gasteiger partial charge in [0.25, 0.3) is 5.56 Å². The van der Waals surface area contributed by atoms with Gasteiger partial charge in [-0.25, -0.2) is 14.9 Å². The summed E-state index contributed by atoms with van der Waals surface area (Å²) in [5, 5.41) is 5.84. The Morgan fingerprint density at radius 3 is 2.36 bits per heavy atom. The molecule has 7 nitrogen and oxygen atoms in total. The fraction of sp³-hybridized carbons (Fsp3) is 0. The summed E-state index contributed by atoms with van der Waals surface area (Å²) in [5.74, 6) is 0.113. The molecule has 2 aromatic carbocycles. The summed E-state index contributed by atoms with van der Waals surface area (Å²) in [6.45, 7) is 0. The van der Waals surface area contributed by atoms with Gasteiger partial charge in [0.15, 0.2) is 5.65 Å². The Hall–Kier alpha value is -3.71. The second-order valence-electron chi connectivity index (χ2n) is 6.26. The summed E-state index contributed by atoms with van der Waals surface area (Å²) in [4.78, 5) is 34.1. The number of hydrogen-bond donors (Lipinski definition) is 2. The number of benzene rings is 2.